The summed E-state index contributed by atoms with van der Waals surface area (Å²) in [7, 11) is 1.93. The number of aldehydes is 1. The van der Waals surface area contributed by atoms with Crippen molar-refractivity contribution in [3.8, 4) is 0 Å². The molecule has 78 valence electrons. The van der Waals surface area contributed by atoms with Crippen LogP contribution >= 0.6 is 15.9 Å². The minimum Gasteiger partial charge on any atom is -0.303 e. The Morgan fingerprint density at radius 1 is 1.64 bits per heavy atom. The highest BCUT2D eigenvalue weighted by Gasteiger charge is 2.11. The Hall–Kier alpha value is -0.640. The van der Waals surface area contributed by atoms with Gasteiger partial charge in [0.15, 0.2) is 0 Å². The summed E-state index contributed by atoms with van der Waals surface area (Å²) in [5.41, 5.74) is 2.16. The van der Waals surface area contributed by atoms with Crippen molar-refractivity contribution in [2.24, 2.45) is 13.0 Å². The summed E-state index contributed by atoms with van der Waals surface area (Å²) in [6.45, 7) is 3.90. The molecule has 0 spiro atoms. The zero-order valence-electron chi connectivity index (χ0n) is 8.75. The molecule has 0 bridgehead atoms. The molecule has 1 atom stereocenters. The van der Waals surface area contributed by atoms with E-state index in [0.717, 1.165) is 35.0 Å². The highest BCUT2D eigenvalue weighted by atomic mass is 79.9. The quantitative estimate of drug-likeness (QED) is 0.777. The van der Waals surface area contributed by atoms with Gasteiger partial charge in [0.25, 0.3) is 0 Å². The average molecular weight is 259 g/mol. The second kappa shape index (κ2) is 4.73. The molecule has 0 radical (unpaired) electrons. The molecular formula is C10H15BrN2O. The highest BCUT2D eigenvalue weighted by molar-refractivity contribution is 9.10. The molecule has 1 rings (SSSR count). The molecule has 0 fully saturated rings. The first-order valence-corrected chi connectivity index (χ1v) is 5.48. The van der Waals surface area contributed by atoms with Crippen molar-refractivity contribution in [2.45, 2.75) is 26.7 Å². The van der Waals surface area contributed by atoms with Gasteiger partial charge in [-0.3, -0.25) is 4.68 Å². The summed E-state index contributed by atoms with van der Waals surface area (Å²) in [6, 6.07) is 0. The van der Waals surface area contributed by atoms with E-state index in [1.807, 2.05) is 25.6 Å². The second-order valence-electron chi connectivity index (χ2n) is 3.62. The zero-order valence-corrected chi connectivity index (χ0v) is 10.3. The Bertz CT molecular complexity index is 333. The van der Waals surface area contributed by atoms with Crippen molar-refractivity contribution in [3.05, 3.63) is 15.9 Å². The molecule has 1 aromatic heterocycles. The molecule has 14 heavy (non-hydrogen) atoms. The number of carbonyl (C=O) groups excluding carboxylic acids is 1. The first kappa shape index (κ1) is 11.4. The molecule has 0 amide bonds. The third kappa shape index (κ3) is 2.44. The van der Waals surface area contributed by atoms with Crippen LogP contribution in [0.15, 0.2) is 4.47 Å². The Morgan fingerprint density at radius 2 is 2.29 bits per heavy atom. The van der Waals surface area contributed by atoms with E-state index in [4.69, 9.17) is 0 Å². The SMILES string of the molecule is Cc1nn(C)c(CCC(C)C=O)c1Br. The Balaban J connectivity index is 2.71. The van der Waals surface area contributed by atoms with E-state index in [2.05, 4.69) is 21.0 Å². The lowest BCUT2D eigenvalue weighted by Crippen LogP contribution is -2.03. The van der Waals surface area contributed by atoms with Crippen LogP contribution in [0.5, 0.6) is 0 Å². The average Bonchev–Trinajstić information content (AvgIpc) is 2.39. The summed E-state index contributed by atoms with van der Waals surface area (Å²) < 4.78 is 2.94. The van der Waals surface area contributed by atoms with Crippen molar-refractivity contribution in [2.75, 3.05) is 0 Å². The number of hydrogen-bond acceptors (Lipinski definition) is 2. The fraction of sp³-hybridized carbons (Fsp3) is 0.600. The van der Waals surface area contributed by atoms with Crippen LogP contribution in [0, 0.1) is 12.8 Å². The molecule has 0 saturated carbocycles. The Kier molecular flexibility index (Phi) is 3.86. The fourth-order valence-corrected chi connectivity index (χ4v) is 1.92. The van der Waals surface area contributed by atoms with Crippen LogP contribution < -0.4 is 0 Å². The predicted octanol–water partition coefficient (Wildman–Crippen LogP) is 2.26. The lowest BCUT2D eigenvalue weighted by Gasteiger charge is -2.04. The van der Waals surface area contributed by atoms with E-state index in [0.29, 0.717) is 0 Å². The van der Waals surface area contributed by atoms with Crippen LogP contribution in [0.2, 0.25) is 0 Å². The topological polar surface area (TPSA) is 34.9 Å². The third-order valence-electron chi connectivity index (χ3n) is 2.33. The van der Waals surface area contributed by atoms with Crippen molar-refractivity contribution in [1.82, 2.24) is 9.78 Å². The molecule has 0 aliphatic rings. The summed E-state index contributed by atoms with van der Waals surface area (Å²) in [4.78, 5) is 10.5. The molecule has 4 heteroatoms. The van der Waals surface area contributed by atoms with Crippen LogP contribution in [0.3, 0.4) is 0 Å². The number of aryl methyl sites for hydroxylation is 2. The molecular weight excluding hydrogens is 244 g/mol. The van der Waals surface area contributed by atoms with Gasteiger partial charge >= 0.3 is 0 Å². The molecule has 1 aromatic rings. The minimum absolute atomic E-state index is 0.122. The van der Waals surface area contributed by atoms with E-state index < -0.39 is 0 Å². The van der Waals surface area contributed by atoms with E-state index in [1.165, 1.54) is 0 Å². The molecule has 0 saturated heterocycles. The van der Waals surface area contributed by atoms with Crippen LogP contribution in [0.25, 0.3) is 0 Å². The molecule has 0 N–H and O–H groups in total. The number of nitrogens with zero attached hydrogens (tertiary/aromatic N) is 2. The lowest BCUT2D eigenvalue weighted by molar-refractivity contribution is -0.110. The number of halogens is 1. The van der Waals surface area contributed by atoms with Crippen LogP contribution in [0.4, 0.5) is 0 Å². The smallest absolute Gasteiger partial charge is 0.122 e. The van der Waals surface area contributed by atoms with Gasteiger partial charge in [0.2, 0.25) is 0 Å². The number of carbonyl (C=O) groups is 1. The van der Waals surface area contributed by atoms with E-state index >= 15 is 0 Å². The van der Waals surface area contributed by atoms with Gasteiger partial charge in [-0.2, -0.15) is 5.10 Å². The maximum Gasteiger partial charge on any atom is 0.122 e. The molecule has 0 aliphatic heterocycles. The Morgan fingerprint density at radius 3 is 2.71 bits per heavy atom. The number of aromatic nitrogens is 2. The summed E-state index contributed by atoms with van der Waals surface area (Å²) in [5, 5.41) is 4.30. The molecule has 0 aliphatic carbocycles. The van der Waals surface area contributed by atoms with Gasteiger partial charge in [-0.1, -0.05) is 6.92 Å². The largest absolute Gasteiger partial charge is 0.303 e. The zero-order chi connectivity index (χ0) is 10.7. The fourth-order valence-electron chi connectivity index (χ4n) is 1.38. The van der Waals surface area contributed by atoms with Gasteiger partial charge in [0, 0.05) is 13.0 Å². The number of rotatable bonds is 4. The van der Waals surface area contributed by atoms with Crippen molar-refractivity contribution < 1.29 is 4.79 Å². The maximum absolute atomic E-state index is 10.5. The first-order valence-electron chi connectivity index (χ1n) is 4.69. The third-order valence-corrected chi connectivity index (χ3v) is 3.36. The first-order chi connectivity index (χ1) is 6.56. The van der Waals surface area contributed by atoms with Crippen LogP contribution in [-0.2, 0) is 18.3 Å². The van der Waals surface area contributed by atoms with E-state index in [-0.39, 0.29) is 5.92 Å². The van der Waals surface area contributed by atoms with Gasteiger partial charge in [-0.05, 0) is 35.7 Å². The van der Waals surface area contributed by atoms with Crippen LogP contribution in [0.1, 0.15) is 24.7 Å². The Labute approximate surface area is 92.6 Å². The monoisotopic (exact) mass is 258 g/mol. The second-order valence-corrected chi connectivity index (χ2v) is 4.41. The molecule has 0 aromatic carbocycles. The van der Waals surface area contributed by atoms with Gasteiger partial charge in [-0.15, -0.1) is 0 Å². The van der Waals surface area contributed by atoms with Gasteiger partial charge in [-0.25, -0.2) is 0 Å². The molecule has 1 heterocycles. The highest BCUT2D eigenvalue weighted by Crippen LogP contribution is 2.22. The minimum atomic E-state index is 0.122. The summed E-state index contributed by atoms with van der Waals surface area (Å²) in [5.74, 6) is 0.122. The van der Waals surface area contributed by atoms with Crippen molar-refractivity contribution in [3.63, 3.8) is 0 Å². The van der Waals surface area contributed by atoms with E-state index in [1.54, 1.807) is 0 Å². The lowest BCUT2D eigenvalue weighted by atomic mass is 10.1. The van der Waals surface area contributed by atoms with Gasteiger partial charge in [0.05, 0.1) is 15.9 Å². The van der Waals surface area contributed by atoms with E-state index in [9.17, 15) is 4.79 Å². The van der Waals surface area contributed by atoms with Crippen molar-refractivity contribution in [1.29, 1.82) is 0 Å². The standard InChI is InChI=1S/C10H15BrN2O/c1-7(6-14)4-5-9-10(11)8(2)12-13(9)3/h6-7H,4-5H2,1-3H3. The van der Waals surface area contributed by atoms with Gasteiger partial charge < -0.3 is 4.79 Å². The summed E-state index contributed by atoms with van der Waals surface area (Å²) in [6.07, 6.45) is 2.76. The number of hydrogen-bond donors (Lipinski definition) is 0. The molecule has 3 nitrogen and oxygen atoms in total. The normalized spacial score (nSPS) is 12.9. The maximum atomic E-state index is 10.5. The summed E-state index contributed by atoms with van der Waals surface area (Å²) >= 11 is 3.50. The predicted molar refractivity (Wildman–Crippen MR) is 59.2 cm³/mol. The molecule has 1 unspecified atom stereocenters. The van der Waals surface area contributed by atoms with Gasteiger partial charge in [0.1, 0.15) is 6.29 Å². The van der Waals surface area contributed by atoms with Crippen molar-refractivity contribution >= 4 is 22.2 Å². The van der Waals surface area contributed by atoms with Crippen LogP contribution in [-0.4, -0.2) is 16.1 Å².